The van der Waals surface area contributed by atoms with Gasteiger partial charge < -0.3 is 10.1 Å². The van der Waals surface area contributed by atoms with Gasteiger partial charge in [-0.3, -0.25) is 0 Å². The Morgan fingerprint density at radius 2 is 2.21 bits per heavy atom. The molecule has 0 saturated heterocycles. The number of rotatable bonds is 5. The van der Waals surface area contributed by atoms with Crippen molar-refractivity contribution in [1.82, 2.24) is 5.32 Å². The van der Waals surface area contributed by atoms with Crippen molar-refractivity contribution in [2.75, 3.05) is 14.2 Å². The van der Waals surface area contributed by atoms with Gasteiger partial charge in [-0.2, -0.15) is 0 Å². The molecule has 0 aliphatic carbocycles. The minimum Gasteiger partial charge on any atom is -0.494 e. The number of halogens is 2. The Kier molecular flexibility index (Phi) is 4.80. The van der Waals surface area contributed by atoms with Gasteiger partial charge >= 0.3 is 0 Å². The topological polar surface area (TPSA) is 21.3 Å². The Bertz CT molecular complexity index is 558. The Labute approximate surface area is 121 Å². The first kappa shape index (κ1) is 14.3. The Balaban J connectivity index is 2.27. The van der Waals surface area contributed by atoms with Crippen LogP contribution in [0.15, 0.2) is 29.6 Å². The van der Waals surface area contributed by atoms with Crippen molar-refractivity contribution >= 4 is 22.9 Å². The van der Waals surface area contributed by atoms with Crippen LogP contribution in [0.5, 0.6) is 5.75 Å². The lowest BCUT2D eigenvalue weighted by atomic mass is 10.0. The molecule has 0 amide bonds. The molecule has 1 atom stereocenters. The summed E-state index contributed by atoms with van der Waals surface area (Å²) in [5.74, 6) is -0.0393. The zero-order valence-electron chi connectivity index (χ0n) is 10.7. The van der Waals surface area contributed by atoms with Crippen LogP contribution < -0.4 is 10.1 Å². The average Bonchev–Trinajstić information content (AvgIpc) is 2.84. The van der Waals surface area contributed by atoms with Gasteiger partial charge in [0.2, 0.25) is 0 Å². The summed E-state index contributed by atoms with van der Waals surface area (Å²) < 4.78 is 19.1. The lowest BCUT2D eigenvalue weighted by Gasteiger charge is -2.16. The van der Waals surface area contributed by atoms with Gasteiger partial charge in [-0.15, -0.1) is 11.3 Å². The van der Waals surface area contributed by atoms with Gasteiger partial charge in [0.25, 0.3) is 0 Å². The molecular weight excluding hydrogens is 285 g/mol. The summed E-state index contributed by atoms with van der Waals surface area (Å²) in [7, 11) is 3.31. The monoisotopic (exact) mass is 299 g/mol. The average molecular weight is 300 g/mol. The molecule has 2 nitrogen and oxygen atoms in total. The molecule has 1 N–H and O–H groups in total. The molecular formula is C14H15ClFNOS. The third-order valence-electron chi connectivity index (χ3n) is 3.00. The van der Waals surface area contributed by atoms with Crippen molar-refractivity contribution < 1.29 is 9.13 Å². The van der Waals surface area contributed by atoms with E-state index >= 15 is 0 Å². The van der Waals surface area contributed by atoms with Gasteiger partial charge in [0.15, 0.2) is 11.6 Å². The first-order valence-corrected chi connectivity index (χ1v) is 7.14. The van der Waals surface area contributed by atoms with Gasteiger partial charge in [-0.1, -0.05) is 23.7 Å². The molecule has 0 bridgehead atoms. The second-order valence-electron chi connectivity index (χ2n) is 4.11. The maximum absolute atomic E-state index is 14.1. The molecule has 2 rings (SSSR count). The lowest BCUT2D eigenvalue weighted by Crippen LogP contribution is -2.18. The van der Waals surface area contributed by atoms with Crippen LogP contribution >= 0.6 is 22.9 Å². The van der Waals surface area contributed by atoms with Crippen LogP contribution in [-0.4, -0.2) is 14.2 Å². The highest BCUT2D eigenvalue weighted by Gasteiger charge is 2.18. The quantitative estimate of drug-likeness (QED) is 0.899. The SMILES string of the molecule is CNC(Cc1cccc(OC)c1F)c1sccc1Cl. The molecule has 0 aliphatic heterocycles. The third-order valence-corrected chi connectivity index (χ3v) is 4.47. The number of likely N-dealkylation sites (N-methyl/N-ethyl adjacent to an activating group) is 1. The molecule has 1 unspecified atom stereocenters. The predicted octanol–water partition coefficient (Wildman–Crippen LogP) is 4.05. The molecule has 0 saturated carbocycles. The molecule has 2 aromatic rings. The van der Waals surface area contributed by atoms with E-state index in [0.717, 1.165) is 4.88 Å². The minimum absolute atomic E-state index is 0.00546. The molecule has 1 heterocycles. The van der Waals surface area contributed by atoms with Crippen LogP contribution in [0.25, 0.3) is 0 Å². The molecule has 1 aromatic carbocycles. The number of methoxy groups -OCH3 is 1. The minimum atomic E-state index is -0.307. The number of benzene rings is 1. The Morgan fingerprint density at radius 3 is 2.79 bits per heavy atom. The molecule has 0 radical (unpaired) electrons. The summed E-state index contributed by atoms with van der Waals surface area (Å²) in [5, 5.41) is 5.83. The van der Waals surface area contributed by atoms with Gasteiger partial charge in [0, 0.05) is 10.9 Å². The maximum Gasteiger partial charge on any atom is 0.168 e. The van der Waals surface area contributed by atoms with Gasteiger partial charge in [-0.05, 0) is 36.5 Å². The lowest BCUT2D eigenvalue weighted by molar-refractivity contribution is 0.383. The largest absolute Gasteiger partial charge is 0.494 e. The van der Waals surface area contributed by atoms with E-state index in [9.17, 15) is 4.39 Å². The van der Waals surface area contributed by atoms with Gasteiger partial charge in [-0.25, -0.2) is 4.39 Å². The van der Waals surface area contributed by atoms with Crippen molar-refractivity contribution in [3.05, 3.63) is 50.9 Å². The van der Waals surface area contributed by atoms with Crippen LogP contribution in [-0.2, 0) is 6.42 Å². The molecule has 0 aliphatic rings. The second-order valence-corrected chi connectivity index (χ2v) is 5.47. The Hall–Kier alpha value is -1.10. The fourth-order valence-corrected chi connectivity index (χ4v) is 3.27. The normalized spacial score (nSPS) is 12.4. The number of ether oxygens (including phenoxy) is 1. The zero-order valence-corrected chi connectivity index (χ0v) is 12.3. The summed E-state index contributed by atoms with van der Waals surface area (Å²) in [5.41, 5.74) is 0.614. The number of thiophene rings is 1. The van der Waals surface area contributed by atoms with E-state index in [1.807, 2.05) is 18.5 Å². The van der Waals surface area contributed by atoms with E-state index in [1.165, 1.54) is 7.11 Å². The number of nitrogens with one attached hydrogen (secondary N) is 1. The summed E-state index contributed by atoms with van der Waals surface area (Å²) in [6, 6.07) is 7.03. The smallest absolute Gasteiger partial charge is 0.168 e. The molecule has 0 fully saturated rings. The first-order chi connectivity index (χ1) is 9.17. The zero-order chi connectivity index (χ0) is 13.8. The summed E-state index contributed by atoms with van der Waals surface area (Å²) in [6.07, 6.45) is 0.528. The van der Waals surface area contributed by atoms with E-state index in [2.05, 4.69) is 5.32 Å². The van der Waals surface area contributed by atoms with Crippen LogP contribution in [0.2, 0.25) is 5.02 Å². The summed E-state index contributed by atoms with van der Waals surface area (Å²) in [6.45, 7) is 0. The summed E-state index contributed by atoms with van der Waals surface area (Å²) >= 11 is 7.70. The molecule has 1 aromatic heterocycles. The molecule has 5 heteroatoms. The van der Waals surface area contributed by atoms with Crippen LogP contribution in [0.1, 0.15) is 16.5 Å². The number of hydrogen-bond acceptors (Lipinski definition) is 3. The molecule has 19 heavy (non-hydrogen) atoms. The van der Waals surface area contributed by atoms with Crippen molar-refractivity contribution in [2.24, 2.45) is 0 Å². The highest BCUT2D eigenvalue weighted by atomic mass is 35.5. The standard InChI is InChI=1S/C14H15ClFNOS/c1-17-11(14-10(15)6-7-19-14)8-9-4-3-5-12(18-2)13(9)16/h3-7,11,17H,8H2,1-2H3. The molecule has 102 valence electrons. The van der Waals surface area contributed by atoms with Crippen molar-refractivity contribution in [3.8, 4) is 5.75 Å². The van der Waals surface area contributed by atoms with E-state index in [0.29, 0.717) is 17.0 Å². The van der Waals surface area contributed by atoms with Crippen LogP contribution in [0.4, 0.5) is 4.39 Å². The first-order valence-electron chi connectivity index (χ1n) is 5.89. The summed E-state index contributed by atoms with van der Waals surface area (Å²) in [4.78, 5) is 1.02. The van der Waals surface area contributed by atoms with Crippen molar-refractivity contribution in [3.63, 3.8) is 0 Å². The highest BCUT2D eigenvalue weighted by Crippen LogP contribution is 2.32. The van der Waals surface area contributed by atoms with E-state index < -0.39 is 0 Å². The van der Waals surface area contributed by atoms with Gasteiger partial charge in [0.05, 0.1) is 12.1 Å². The second kappa shape index (κ2) is 6.37. The van der Waals surface area contributed by atoms with Crippen molar-refractivity contribution in [2.45, 2.75) is 12.5 Å². The number of hydrogen-bond donors (Lipinski definition) is 1. The van der Waals surface area contributed by atoms with E-state index in [-0.39, 0.29) is 17.6 Å². The van der Waals surface area contributed by atoms with E-state index in [1.54, 1.807) is 29.5 Å². The fraction of sp³-hybridized carbons (Fsp3) is 0.286. The molecule has 0 spiro atoms. The Morgan fingerprint density at radius 1 is 1.42 bits per heavy atom. The van der Waals surface area contributed by atoms with Crippen molar-refractivity contribution in [1.29, 1.82) is 0 Å². The third kappa shape index (κ3) is 3.08. The van der Waals surface area contributed by atoms with E-state index in [4.69, 9.17) is 16.3 Å². The maximum atomic E-state index is 14.1. The fourth-order valence-electron chi connectivity index (χ4n) is 1.97. The van der Waals surface area contributed by atoms with Gasteiger partial charge in [0.1, 0.15) is 0 Å². The predicted molar refractivity (Wildman–Crippen MR) is 77.8 cm³/mol. The highest BCUT2D eigenvalue weighted by molar-refractivity contribution is 7.10. The van der Waals surface area contributed by atoms with Crippen LogP contribution in [0, 0.1) is 5.82 Å². The van der Waals surface area contributed by atoms with Crippen LogP contribution in [0.3, 0.4) is 0 Å².